The number of nitrogens with zero attached hydrogens (tertiary/aromatic N) is 1. The van der Waals surface area contributed by atoms with Gasteiger partial charge in [0.25, 0.3) is 0 Å². The van der Waals surface area contributed by atoms with E-state index in [0.717, 1.165) is 6.54 Å². The fraction of sp³-hybridized carbons (Fsp3) is 0.733. The summed E-state index contributed by atoms with van der Waals surface area (Å²) in [5, 5.41) is 0. The Bertz CT molecular complexity index is 385. The van der Waals surface area contributed by atoms with Crippen molar-refractivity contribution in [1.82, 2.24) is 4.90 Å². The first kappa shape index (κ1) is 15.5. The van der Waals surface area contributed by atoms with Crippen LogP contribution in [-0.2, 0) is 0 Å². The van der Waals surface area contributed by atoms with Gasteiger partial charge in [-0.3, -0.25) is 4.90 Å². The average Bonchev–Trinajstić information content (AvgIpc) is 2.63. The van der Waals surface area contributed by atoms with E-state index >= 15 is 0 Å². The minimum Gasteiger partial charge on any atom is -0.329 e. The fourth-order valence-electron chi connectivity index (χ4n) is 3.11. The quantitative estimate of drug-likeness (QED) is 0.872. The summed E-state index contributed by atoms with van der Waals surface area (Å²) in [6, 6.07) is 3.38. The molecule has 4 heteroatoms. The van der Waals surface area contributed by atoms with Gasteiger partial charge in [0.15, 0.2) is 0 Å². The summed E-state index contributed by atoms with van der Waals surface area (Å²) in [6.45, 7) is 6.41. The largest absolute Gasteiger partial charge is 0.329 e. The molecule has 2 heterocycles. The van der Waals surface area contributed by atoms with Crippen LogP contribution in [0.15, 0.2) is 10.5 Å². The van der Waals surface area contributed by atoms with Gasteiger partial charge in [-0.25, -0.2) is 0 Å². The van der Waals surface area contributed by atoms with E-state index in [1.54, 1.807) is 0 Å². The van der Waals surface area contributed by atoms with E-state index < -0.39 is 0 Å². The van der Waals surface area contributed by atoms with Crippen LogP contribution in [0.25, 0.3) is 0 Å². The van der Waals surface area contributed by atoms with Gasteiger partial charge in [0.2, 0.25) is 0 Å². The molecule has 0 amide bonds. The van der Waals surface area contributed by atoms with Crippen LogP contribution in [0.1, 0.15) is 54.8 Å². The van der Waals surface area contributed by atoms with E-state index in [-0.39, 0.29) is 0 Å². The molecular weight excluding hydrogens is 320 g/mol. The fourth-order valence-corrected chi connectivity index (χ4v) is 4.80. The van der Waals surface area contributed by atoms with E-state index in [0.29, 0.717) is 12.1 Å². The van der Waals surface area contributed by atoms with Crippen LogP contribution < -0.4 is 5.73 Å². The molecule has 2 atom stereocenters. The molecule has 108 valence electrons. The third kappa shape index (κ3) is 3.60. The molecule has 0 bridgehead atoms. The maximum Gasteiger partial charge on any atom is 0.0567 e. The van der Waals surface area contributed by atoms with E-state index in [1.807, 2.05) is 11.3 Å². The Labute approximate surface area is 129 Å². The highest BCUT2D eigenvalue weighted by atomic mass is 79.9. The maximum absolute atomic E-state index is 6.11. The van der Waals surface area contributed by atoms with Crippen molar-refractivity contribution in [2.24, 2.45) is 5.73 Å². The van der Waals surface area contributed by atoms with Crippen LogP contribution in [0, 0.1) is 6.92 Å². The molecule has 1 fully saturated rings. The topological polar surface area (TPSA) is 29.3 Å². The Kier molecular flexibility index (Phi) is 5.87. The first-order chi connectivity index (χ1) is 9.17. The second kappa shape index (κ2) is 7.21. The van der Waals surface area contributed by atoms with Gasteiger partial charge >= 0.3 is 0 Å². The highest BCUT2D eigenvalue weighted by molar-refractivity contribution is 9.10. The van der Waals surface area contributed by atoms with Crippen LogP contribution in [0.5, 0.6) is 0 Å². The van der Waals surface area contributed by atoms with Gasteiger partial charge in [-0.1, -0.05) is 19.8 Å². The molecule has 0 saturated carbocycles. The van der Waals surface area contributed by atoms with Crippen LogP contribution in [0.2, 0.25) is 0 Å². The molecule has 2 unspecified atom stereocenters. The van der Waals surface area contributed by atoms with Crippen molar-refractivity contribution in [3.63, 3.8) is 0 Å². The first-order valence-electron chi connectivity index (χ1n) is 7.39. The molecule has 2 rings (SSSR count). The van der Waals surface area contributed by atoms with Crippen molar-refractivity contribution in [1.29, 1.82) is 0 Å². The van der Waals surface area contributed by atoms with Gasteiger partial charge < -0.3 is 5.73 Å². The lowest BCUT2D eigenvalue weighted by atomic mass is 10.0. The molecule has 0 radical (unpaired) electrons. The Balaban J connectivity index is 2.23. The minimum atomic E-state index is 0.401. The van der Waals surface area contributed by atoms with Crippen LogP contribution in [-0.4, -0.2) is 24.0 Å². The van der Waals surface area contributed by atoms with Crippen molar-refractivity contribution in [3.8, 4) is 0 Å². The standard InChI is InChI=1S/C15H25BrN2S/c1-3-12-7-5-4-6-8-18(12)14(10-17)15-9-13(16)11(2)19-15/h9,12,14H,3-8,10,17H2,1-2H3. The van der Waals surface area contributed by atoms with E-state index in [9.17, 15) is 0 Å². The lowest BCUT2D eigenvalue weighted by molar-refractivity contribution is 0.138. The molecule has 2 N–H and O–H groups in total. The van der Waals surface area contributed by atoms with Gasteiger partial charge in [-0.05, 0) is 54.7 Å². The Morgan fingerprint density at radius 3 is 2.84 bits per heavy atom. The lowest BCUT2D eigenvalue weighted by Crippen LogP contribution is -2.40. The van der Waals surface area contributed by atoms with E-state index in [1.165, 1.54) is 52.9 Å². The van der Waals surface area contributed by atoms with Gasteiger partial charge in [0.05, 0.1) is 6.04 Å². The molecule has 1 aliphatic heterocycles. The zero-order valence-electron chi connectivity index (χ0n) is 12.0. The number of likely N-dealkylation sites (tertiary alicyclic amines) is 1. The molecule has 1 aromatic heterocycles. The third-order valence-corrected chi connectivity index (χ3v) is 6.46. The second-order valence-corrected chi connectivity index (χ2v) is 7.60. The number of hydrogen-bond acceptors (Lipinski definition) is 3. The Hall–Kier alpha value is 0.1000. The summed E-state index contributed by atoms with van der Waals surface area (Å²) < 4.78 is 1.23. The molecule has 1 aromatic rings. The van der Waals surface area contributed by atoms with Crippen LogP contribution >= 0.6 is 27.3 Å². The summed E-state index contributed by atoms with van der Waals surface area (Å²) in [6.07, 6.45) is 6.63. The van der Waals surface area contributed by atoms with Crippen molar-refractivity contribution in [3.05, 3.63) is 20.3 Å². The number of aryl methyl sites for hydroxylation is 1. The molecular formula is C15H25BrN2S. The molecule has 1 aliphatic rings. The predicted octanol–water partition coefficient (Wildman–Crippen LogP) is 4.47. The summed E-state index contributed by atoms with van der Waals surface area (Å²) in [4.78, 5) is 5.45. The number of thiophene rings is 1. The smallest absolute Gasteiger partial charge is 0.0567 e. The van der Waals surface area contributed by atoms with Gasteiger partial charge in [-0.2, -0.15) is 0 Å². The molecule has 1 saturated heterocycles. The Morgan fingerprint density at radius 1 is 1.47 bits per heavy atom. The summed E-state index contributed by atoms with van der Waals surface area (Å²) in [5.41, 5.74) is 6.11. The summed E-state index contributed by atoms with van der Waals surface area (Å²) in [5.74, 6) is 0. The SMILES string of the molecule is CCC1CCCCCN1C(CN)c1cc(Br)c(C)s1. The van der Waals surface area contributed by atoms with Crippen molar-refractivity contribution in [2.75, 3.05) is 13.1 Å². The summed E-state index contributed by atoms with van der Waals surface area (Å²) in [7, 11) is 0. The molecule has 19 heavy (non-hydrogen) atoms. The maximum atomic E-state index is 6.11. The minimum absolute atomic E-state index is 0.401. The zero-order chi connectivity index (χ0) is 13.8. The van der Waals surface area contributed by atoms with Crippen LogP contribution in [0.4, 0.5) is 0 Å². The predicted molar refractivity (Wildman–Crippen MR) is 87.8 cm³/mol. The van der Waals surface area contributed by atoms with Crippen molar-refractivity contribution >= 4 is 27.3 Å². The number of rotatable bonds is 4. The molecule has 0 aromatic carbocycles. The normalized spacial score (nSPS) is 23.3. The van der Waals surface area contributed by atoms with Crippen molar-refractivity contribution < 1.29 is 0 Å². The average molecular weight is 345 g/mol. The first-order valence-corrected chi connectivity index (χ1v) is 9.00. The summed E-state index contributed by atoms with van der Waals surface area (Å²) >= 11 is 5.53. The number of halogens is 1. The molecule has 2 nitrogen and oxygen atoms in total. The van der Waals surface area contributed by atoms with Crippen molar-refractivity contribution in [2.45, 2.75) is 58.0 Å². The second-order valence-electron chi connectivity index (χ2n) is 5.45. The highest BCUT2D eigenvalue weighted by Gasteiger charge is 2.28. The molecule has 0 spiro atoms. The molecule has 0 aliphatic carbocycles. The van der Waals surface area contributed by atoms with Crippen LogP contribution in [0.3, 0.4) is 0 Å². The zero-order valence-corrected chi connectivity index (χ0v) is 14.4. The lowest BCUT2D eigenvalue weighted by Gasteiger charge is -2.35. The number of nitrogens with two attached hydrogens (primary N) is 1. The number of hydrogen-bond donors (Lipinski definition) is 1. The van der Waals surface area contributed by atoms with Gasteiger partial charge in [0.1, 0.15) is 0 Å². The third-order valence-electron chi connectivity index (χ3n) is 4.22. The highest BCUT2D eigenvalue weighted by Crippen LogP contribution is 2.35. The monoisotopic (exact) mass is 344 g/mol. The van der Waals surface area contributed by atoms with E-state index in [2.05, 4.69) is 40.7 Å². The van der Waals surface area contributed by atoms with E-state index in [4.69, 9.17) is 5.73 Å². The van der Waals surface area contributed by atoms with Gasteiger partial charge in [0, 0.05) is 26.8 Å². The van der Waals surface area contributed by atoms with Gasteiger partial charge in [-0.15, -0.1) is 11.3 Å². The Morgan fingerprint density at radius 2 is 2.26 bits per heavy atom.